The van der Waals surface area contributed by atoms with Crippen LogP contribution in [0.1, 0.15) is 19.8 Å². The number of ketones is 1. The Morgan fingerprint density at radius 2 is 2.09 bits per heavy atom. The van der Waals surface area contributed by atoms with Crippen LogP contribution in [0, 0.1) is 17.4 Å². The van der Waals surface area contributed by atoms with Gasteiger partial charge in [0, 0.05) is 19.0 Å². The van der Waals surface area contributed by atoms with Crippen molar-refractivity contribution >= 4 is 5.78 Å². The van der Waals surface area contributed by atoms with Crippen molar-refractivity contribution in [3.8, 4) is 6.19 Å². The molecule has 3 heteroatoms. The Kier molecular flexibility index (Phi) is 2.48. The van der Waals surface area contributed by atoms with E-state index < -0.39 is 0 Å². The zero-order valence-corrected chi connectivity index (χ0v) is 6.71. The molecule has 0 N–H and O–H groups in total. The first-order valence-corrected chi connectivity index (χ1v) is 3.89. The highest BCUT2D eigenvalue weighted by atomic mass is 16.1. The zero-order valence-electron chi connectivity index (χ0n) is 6.71. The lowest BCUT2D eigenvalue weighted by Crippen LogP contribution is -2.32. The number of hydrogen-bond donors (Lipinski definition) is 0. The summed E-state index contributed by atoms with van der Waals surface area (Å²) in [7, 11) is 0. The van der Waals surface area contributed by atoms with Crippen LogP contribution >= 0.6 is 0 Å². The summed E-state index contributed by atoms with van der Waals surface area (Å²) in [5, 5.41) is 8.51. The number of rotatable bonds is 1. The maximum Gasteiger partial charge on any atom is 0.179 e. The molecule has 1 fully saturated rings. The molecule has 1 saturated heterocycles. The summed E-state index contributed by atoms with van der Waals surface area (Å²) in [4.78, 5) is 12.6. The molecule has 0 aromatic carbocycles. The Bertz CT molecular complexity index is 187. The SMILES string of the molecule is CC(=O)C1CCN(C#N)CC1. The number of nitriles is 1. The van der Waals surface area contributed by atoms with E-state index in [1.165, 1.54) is 0 Å². The molecule has 0 atom stereocenters. The molecule has 0 aromatic rings. The van der Waals surface area contributed by atoms with Crippen LogP contribution in [0.4, 0.5) is 0 Å². The van der Waals surface area contributed by atoms with Crippen molar-refractivity contribution in [2.24, 2.45) is 5.92 Å². The Hall–Kier alpha value is -1.04. The number of hydrogen-bond acceptors (Lipinski definition) is 3. The van der Waals surface area contributed by atoms with E-state index in [1.807, 2.05) is 0 Å². The van der Waals surface area contributed by atoms with Gasteiger partial charge in [0.05, 0.1) is 0 Å². The quantitative estimate of drug-likeness (QED) is 0.521. The minimum absolute atomic E-state index is 0.208. The third kappa shape index (κ3) is 1.94. The van der Waals surface area contributed by atoms with Gasteiger partial charge >= 0.3 is 0 Å². The van der Waals surface area contributed by atoms with Gasteiger partial charge in [-0.05, 0) is 19.8 Å². The maximum absolute atomic E-state index is 10.9. The summed E-state index contributed by atoms with van der Waals surface area (Å²) in [5.74, 6) is 0.474. The molecule has 0 unspecified atom stereocenters. The van der Waals surface area contributed by atoms with Crippen LogP contribution < -0.4 is 0 Å². The highest BCUT2D eigenvalue weighted by Crippen LogP contribution is 2.16. The van der Waals surface area contributed by atoms with Gasteiger partial charge in [0.1, 0.15) is 5.78 Å². The Morgan fingerprint density at radius 1 is 1.55 bits per heavy atom. The van der Waals surface area contributed by atoms with Crippen LogP contribution in [0.25, 0.3) is 0 Å². The molecule has 0 aliphatic carbocycles. The van der Waals surface area contributed by atoms with Crippen molar-refractivity contribution in [2.45, 2.75) is 19.8 Å². The summed E-state index contributed by atoms with van der Waals surface area (Å²) in [6.45, 7) is 3.13. The Morgan fingerprint density at radius 3 is 2.45 bits per heavy atom. The minimum atomic E-state index is 0.208. The number of piperidine rings is 1. The summed E-state index contributed by atoms with van der Waals surface area (Å²) in [5.41, 5.74) is 0. The zero-order chi connectivity index (χ0) is 8.27. The summed E-state index contributed by atoms with van der Waals surface area (Å²) < 4.78 is 0. The Balaban J connectivity index is 2.37. The lowest BCUT2D eigenvalue weighted by molar-refractivity contribution is -0.121. The molecule has 60 valence electrons. The normalized spacial score (nSPS) is 19.5. The molecule has 0 amide bonds. The maximum atomic E-state index is 10.9. The fourth-order valence-electron chi connectivity index (χ4n) is 1.39. The Labute approximate surface area is 66.6 Å². The molecule has 0 bridgehead atoms. The van der Waals surface area contributed by atoms with Crippen LogP contribution in [0.3, 0.4) is 0 Å². The fourth-order valence-corrected chi connectivity index (χ4v) is 1.39. The average molecular weight is 152 g/mol. The van der Waals surface area contributed by atoms with Crippen LogP contribution in [0.2, 0.25) is 0 Å². The number of carbonyl (C=O) groups excluding carboxylic acids is 1. The van der Waals surface area contributed by atoms with Crippen molar-refractivity contribution < 1.29 is 4.79 Å². The van der Waals surface area contributed by atoms with Gasteiger partial charge in [-0.15, -0.1) is 0 Å². The highest BCUT2D eigenvalue weighted by molar-refractivity contribution is 5.78. The molecule has 0 aromatic heterocycles. The first-order valence-electron chi connectivity index (χ1n) is 3.89. The molecule has 0 saturated carbocycles. The van der Waals surface area contributed by atoms with Crippen molar-refractivity contribution in [1.82, 2.24) is 4.90 Å². The number of nitrogens with zero attached hydrogens (tertiary/aromatic N) is 2. The van der Waals surface area contributed by atoms with Crippen LogP contribution in [0.15, 0.2) is 0 Å². The van der Waals surface area contributed by atoms with Gasteiger partial charge in [0.2, 0.25) is 0 Å². The highest BCUT2D eigenvalue weighted by Gasteiger charge is 2.20. The van der Waals surface area contributed by atoms with E-state index in [4.69, 9.17) is 5.26 Å². The molecule has 1 aliphatic rings. The molecular formula is C8H12N2O. The summed E-state index contributed by atoms with van der Waals surface area (Å²) in [6, 6.07) is 0. The molecule has 1 heterocycles. The van der Waals surface area contributed by atoms with Crippen molar-refractivity contribution in [2.75, 3.05) is 13.1 Å². The van der Waals surface area contributed by atoms with Gasteiger partial charge in [-0.25, -0.2) is 0 Å². The fraction of sp³-hybridized carbons (Fsp3) is 0.750. The van der Waals surface area contributed by atoms with Crippen molar-refractivity contribution in [3.05, 3.63) is 0 Å². The van der Waals surface area contributed by atoms with Gasteiger partial charge in [-0.1, -0.05) is 0 Å². The lowest BCUT2D eigenvalue weighted by atomic mass is 9.94. The first kappa shape index (κ1) is 8.06. The van der Waals surface area contributed by atoms with Gasteiger partial charge in [-0.3, -0.25) is 4.79 Å². The van der Waals surface area contributed by atoms with E-state index in [-0.39, 0.29) is 11.7 Å². The number of likely N-dealkylation sites (tertiary alicyclic amines) is 1. The summed E-state index contributed by atoms with van der Waals surface area (Å²) >= 11 is 0. The van der Waals surface area contributed by atoms with Crippen LogP contribution in [0.5, 0.6) is 0 Å². The smallest absolute Gasteiger partial charge is 0.179 e. The first-order chi connectivity index (χ1) is 5.24. The van der Waals surface area contributed by atoms with Gasteiger partial charge in [0.25, 0.3) is 0 Å². The van der Waals surface area contributed by atoms with Crippen molar-refractivity contribution in [3.63, 3.8) is 0 Å². The van der Waals surface area contributed by atoms with Crippen molar-refractivity contribution in [1.29, 1.82) is 5.26 Å². The van der Waals surface area contributed by atoms with Gasteiger partial charge in [-0.2, -0.15) is 5.26 Å². The second kappa shape index (κ2) is 3.38. The van der Waals surface area contributed by atoms with E-state index in [9.17, 15) is 4.79 Å². The summed E-state index contributed by atoms with van der Waals surface area (Å²) in [6.07, 6.45) is 3.79. The molecule has 0 spiro atoms. The number of carbonyl (C=O) groups is 1. The van der Waals surface area contributed by atoms with Crippen LogP contribution in [-0.2, 0) is 4.79 Å². The monoisotopic (exact) mass is 152 g/mol. The predicted octanol–water partition coefficient (Wildman–Crippen LogP) is 0.768. The molecule has 1 aliphatic heterocycles. The second-order valence-electron chi connectivity index (χ2n) is 2.97. The second-order valence-corrected chi connectivity index (χ2v) is 2.97. The molecule has 3 nitrogen and oxygen atoms in total. The van der Waals surface area contributed by atoms with Gasteiger partial charge < -0.3 is 4.90 Å². The van der Waals surface area contributed by atoms with E-state index in [0.29, 0.717) is 0 Å². The van der Waals surface area contributed by atoms with Crippen LogP contribution in [-0.4, -0.2) is 23.8 Å². The average Bonchev–Trinajstić information content (AvgIpc) is 2.05. The molecular weight excluding hydrogens is 140 g/mol. The third-order valence-corrected chi connectivity index (χ3v) is 2.21. The predicted molar refractivity (Wildman–Crippen MR) is 40.6 cm³/mol. The largest absolute Gasteiger partial charge is 0.311 e. The lowest BCUT2D eigenvalue weighted by Gasteiger charge is -2.26. The van der Waals surface area contributed by atoms with E-state index in [1.54, 1.807) is 11.8 Å². The molecule has 0 radical (unpaired) electrons. The molecule has 11 heavy (non-hydrogen) atoms. The molecule has 1 rings (SSSR count). The van der Waals surface area contributed by atoms with E-state index in [0.717, 1.165) is 25.9 Å². The number of Topliss-reactive ketones (excluding diaryl/α,β-unsaturated/α-hetero) is 1. The van der Waals surface area contributed by atoms with Gasteiger partial charge in [0.15, 0.2) is 6.19 Å². The van der Waals surface area contributed by atoms with E-state index in [2.05, 4.69) is 6.19 Å². The van der Waals surface area contributed by atoms with E-state index >= 15 is 0 Å². The third-order valence-electron chi connectivity index (χ3n) is 2.21. The standard InChI is InChI=1S/C8H12N2O/c1-7(11)8-2-4-10(6-9)5-3-8/h8H,2-5H2,1H3. The topological polar surface area (TPSA) is 44.1 Å². The minimum Gasteiger partial charge on any atom is -0.311 e.